The number of aromatic nitrogens is 4. The second kappa shape index (κ2) is 13.8. The normalized spacial score (nSPS) is 16.9. The second-order valence-electron chi connectivity index (χ2n) is 11.0. The predicted octanol–water partition coefficient (Wildman–Crippen LogP) is 6.53. The van der Waals surface area contributed by atoms with E-state index in [1.165, 1.54) is 16.8 Å². The molecule has 4 aromatic rings. The summed E-state index contributed by atoms with van der Waals surface area (Å²) in [6.07, 6.45) is 6.43. The standard InChI is InChI=1S/C33H32ClFN8O2/c1-4-23(38-18-36)15-21-11-12-24-22-13-14-37-28(17-22)26(9-5-7-19(2)32(44)40-27(24)16-21)39-33(45)31-20(3)43(42-41-31)29-10-6-8-25(34)30(29)35/h6,8,10-14,16-17,19,26H,4-5,7,9,15H2,1-3H3,(H,39,45)(H,40,44)/t19-,26-/m0/s1. The van der Waals surface area contributed by atoms with Gasteiger partial charge in [-0.3, -0.25) is 14.6 Å². The molecular weight excluding hydrogens is 595 g/mol. The van der Waals surface area contributed by atoms with E-state index in [0.29, 0.717) is 49.2 Å². The minimum Gasteiger partial charge on any atom is -0.342 e. The predicted molar refractivity (Wildman–Crippen MR) is 170 cm³/mol. The van der Waals surface area contributed by atoms with Crippen LogP contribution in [0.4, 0.5) is 10.1 Å². The zero-order valence-corrected chi connectivity index (χ0v) is 25.9. The lowest BCUT2D eigenvalue weighted by atomic mass is 9.94. The molecule has 12 heteroatoms. The third-order valence-electron chi connectivity index (χ3n) is 7.97. The molecular formula is C33H32ClFN8O2. The van der Waals surface area contributed by atoms with Crippen molar-refractivity contribution >= 4 is 34.8 Å². The summed E-state index contributed by atoms with van der Waals surface area (Å²) < 4.78 is 16.0. The minimum atomic E-state index is -0.661. The lowest BCUT2D eigenvalue weighted by Gasteiger charge is -2.22. The van der Waals surface area contributed by atoms with E-state index in [9.17, 15) is 14.0 Å². The highest BCUT2D eigenvalue weighted by Gasteiger charge is 2.25. The molecule has 0 fully saturated rings. The third kappa shape index (κ3) is 6.91. The van der Waals surface area contributed by atoms with Crippen LogP contribution >= 0.6 is 11.6 Å². The van der Waals surface area contributed by atoms with Crippen LogP contribution < -0.4 is 10.6 Å². The minimum absolute atomic E-state index is 0.0497. The van der Waals surface area contributed by atoms with Crippen LogP contribution in [-0.2, 0) is 11.2 Å². The largest absolute Gasteiger partial charge is 0.342 e. The quantitative estimate of drug-likeness (QED) is 0.184. The zero-order chi connectivity index (χ0) is 32.1. The Morgan fingerprint density at radius 1 is 1.24 bits per heavy atom. The molecule has 2 atom stereocenters. The van der Waals surface area contributed by atoms with Crippen LogP contribution in [0.5, 0.6) is 0 Å². The van der Waals surface area contributed by atoms with E-state index in [2.05, 4.69) is 30.9 Å². The van der Waals surface area contributed by atoms with Gasteiger partial charge in [-0.15, -0.1) is 5.10 Å². The molecule has 0 unspecified atom stereocenters. The monoisotopic (exact) mass is 626 g/mol. The van der Waals surface area contributed by atoms with Crippen LogP contribution in [0.1, 0.15) is 73.0 Å². The van der Waals surface area contributed by atoms with Gasteiger partial charge in [-0.1, -0.05) is 55.3 Å². The van der Waals surface area contributed by atoms with Crippen molar-refractivity contribution in [2.24, 2.45) is 10.9 Å². The summed E-state index contributed by atoms with van der Waals surface area (Å²) in [5.41, 5.74) is 5.07. The number of pyridine rings is 1. The van der Waals surface area contributed by atoms with Crippen molar-refractivity contribution in [2.75, 3.05) is 5.32 Å². The van der Waals surface area contributed by atoms with Crippen LogP contribution in [0, 0.1) is 30.1 Å². The van der Waals surface area contributed by atoms with Crippen molar-refractivity contribution in [1.29, 1.82) is 5.26 Å². The van der Waals surface area contributed by atoms with Crippen LogP contribution in [0.2, 0.25) is 5.02 Å². The van der Waals surface area contributed by atoms with E-state index in [4.69, 9.17) is 16.9 Å². The van der Waals surface area contributed by atoms with Gasteiger partial charge in [0.25, 0.3) is 5.91 Å². The van der Waals surface area contributed by atoms with E-state index in [1.54, 1.807) is 19.2 Å². The van der Waals surface area contributed by atoms with Gasteiger partial charge in [-0.2, -0.15) is 10.3 Å². The number of fused-ring (bicyclic) bond motifs is 4. The fourth-order valence-corrected chi connectivity index (χ4v) is 5.54. The van der Waals surface area contributed by atoms with Crippen molar-refractivity contribution < 1.29 is 14.0 Å². The van der Waals surface area contributed by atoms with Crippen molar-refractivity contribution in [2.45, 2.75) is 58.9 Å². The Balaban J connectivity index is 1.48. The van der Waals surface area contributed by atoms with Gasteiger partial charge in [-0.25, -0.2) is 9.07 Å². The first-order valence-electron chi connectivity index (χ1n) is 14.7. The molecule has 230 valence electrons. The van der Waals surface area contributed by atoms with E-state index >= 15 is 0 Å². The van der Waals surface area contributed by atoms with Crippen LogP contribution in [0.25, 0.3) is 16.8 Å². The maximum Gasteiger partial charge on any atom is 0.274 e. The van der Waals surface area contributed by atoms with Crippen LogP contribution in [-0.4, -0.2) is 37.5 Å². The number of benzene rings is 2. The highest BCUT2D eigenvalue weighted by Crippen LogP contribution is 2.33. The average molecular weight is 627 g/mol. The molecule has 1 aliphatic heterocycles. The fourth-order valence-electron chi connectivity index (χ4n) is 5.37. The van der Waals surface area contributed by atoms with E-state index < -0.39 is 17.8 Å². The van der Waals surface area contributed by atoms with Gasteiger partial charge in [-0.05, 0) is 67.6 Å². The molecule has 10 nitrogen and oxygen atoms in total. The Kier molecular flexibility index (Phi) is 9.64. The number of nitrogens with one attached hydrogen (secondary N) is 2. The molecule has 2 amide bonds. The molecule has 0 saturated carbocycles. The number of carbonyl (C=O) groups excluding carboxylic acids is 2. The Morgan fingerprint density at radius 3 is 2.84 bits per heavy atom. The first kappa shape index (κ1) is 31.5. The van der Waals surface area contributed by atoms with Gasteiger partial charge < -0.3 is 10.6 Å². The van der Waals surface area contributed by atoms with Crippen LogP contribution in [0.3, 0.4) is 0 Å². The average Bonchev–Trinajstić information content (AvgIpc) is 3.42. The molecule has 2 N–H and O–H groups in total. The molecule has 2 bridgehead atoms. The fraction of sp³-hybridized carbons (Fsp3) is 0.303. The van der Waals surface area contributed by atoms with Gasteiger partial charge in [0, 0.05) is 35.5 Å². The molecule has 0 spiro atoms. The number of hydrogen-bond acceptors (Lipinski definition) is 7. The molecule has 45 heavy (non-hydrogen) atoms. The topological polar surface area (TPSA) is 138 Å². The van der Waals surface area contributed by atoms with Gasteiger partial charge in [0.05, 0.1) is 22.5 Å². The SMILES string of the molecule is CCC(Cc1ccc2c(c1)NC(=O)[C@@H](C)CCC[C@H](NC(=O)c1nnn(-c3cccc(Cl)c3F)c1C)c1cc-2ccn1)=NC#N. The smallest absolute Gasteiger partial charge is 0.274 e. The Morgan fingerprint density at radius 2 is 2.07 bits per heavy atom. The Bertz CT molecular complexity index is 1830. The summed E-state index contributed by atoms with van der Waals surface area (Å²) in [5, 5.41) is 23.2. The first-order valence-corrected chi connectivity index (χ1v) is 15.1. The molecule has 2 aromatic carbocycles. The number of hydrogen-bond donors (Lipinski definition) is 2. The summed E-state index contributed by atoms with van der Waals surface area (Å²) in [6.45, 7) is 5.46. The molecule has 5 rings (SSSR count). The number of nitrogens with zero attached hydrogens (tertiary/aromatic N) is 6. The highest BCUT2D eigenvalue weighted by atomic mass is 35.5. The molecule has 0 aliphatic carbocycles. The molecule has 2 aromatic heterocycles. The van der Waals surface area contributed by atoms with Crippen molar-refractivity contribution in [3.8, 4) is 23.0 Å². The van der Waals surface area contributed by atoms with Gasteiger partial charge >= 0.3 is 0 Å². The number of carbonyl (C=O) groups is 2. The first-order chi connectivity index (χ1) is 21.7. The van der Waals surface area contributed by atoms with Gasteiger partial charge in [0.2, 0.25) is 12.1 Å². The van der Waals surface area contributed by atoms with Crippen LogP contribution in [0.15, 0.2) is 59.7 Å². The lowest BCUT2D eigenvalue weighted by Crippen LogP contribution is -2.30. The Hall–Kier alpha value is -4.95. The number of nitriles is 1. The number of aliphatic imine (C=N–C) groups is 1. The van der Waals surface area contributed by atoms with Crippen molar-refractivity contribution in [3.05, 3.63) is 88.2 Å². The second-order valence-corrected chi connectivity index (χ2v) is 11.4. The van der Waals surface area contributed by atoms with Crippen molar-refractivity contribution in [1.82, 2.24) is 25.3 Å². The van der Waals surface area contributed by atoms with E-state index in [-0.39, 0.29) is 28.2 Å². The van der Waals surface area contributed by atoms with Crippen molar-refractivity contribution in [3.63, 3.8) is 0 Å². The van der Waals surface area contributed by atoms with E-state index in [1.807, 2.05) is 50.4 Å². The summed E-state index contributed by atoms with van der Waals surface area (Å²) in [6, 6.07) is 13.6. The zero-order valence-electron chi connectivity index (χ0n) is 25.1. The molecule has 0 saturated heterocycles. The maximum atomic E-state index is 14.7. The summed E-state index contributed by atoms with van der Waals surface area (Å²) in [5.74, 6) is -1.53. The number of amides is 2. The summed E-state index contributed by atoms with van der Waals surface area (Å²) in [4.78, 5) is 35.3. The maximum absolute atomic E-state index is 14.7. The van der Waals surface area contributed by atoms with E-state index in [0.717, 1.165) is 22.4 Å². The molecule has 0 radical (unpaired) electrons. The molecule has 3 heterocycles. The Labute approximate surface area is 265 Å². The number of anilines is 1. The highest BCUT2D eigenvalue weighted by molar-refractivity contribution is 6.30. The number of rotatable bonds is 6. The van der Waals surface area contributed by atoms with Gasteiger partial charge in [0.1, 0.15) is 5.69 Å². The summed E-state index contributed by atoms with van der Waals surface area (Å²) in [7, 11) is 0. The number of halogens is 2. The molecule has 1 aliphatic rings. The third-order valence-corrected chi connectivity index (χ3v) is 8.26. The van der Waals surface area contributed by atoms with Gasteiger partial charge in [0.15, 0.2) is 11.5 Å². The lowest BCUT2D eigenvalue weighted by molar-refractivity contribution is -0.119. The summed E-state index contributed by atoms with van der Waals surface area (Å²) >= 11 is 5.95.